The summed E-state index contributed by atoms with van der Waals surface area (Å²) in [6, 6.07) is 0. The lowest BCUT2D eigenvalue weighted by atomic mass is 10.1. The van der Waals surface area contributed by atoms with Gasteiger partial charge in [0.05, 0.1) is 6.10 Å². The molecule has 2 N–H and O–H groups in total. The highest BCUT2D eigenvalue weighted by Gasteiger charge is 2.22. The molecule has 1 aliphatic heterocycles. The molecule has 0 amide bonds. The second kappa shape index (κ2) is 5.31. The van der Waals surface area contributed by atoms with E-state index in [-0.39, 0.29) is 6.10 Å². The fraction of sp³-hybridized carbons (Fsp3) is 0.667. The van der Waals surface area contributed by atoms with Crippen molar-refractivity contribution in [3.05, 3.63) is 11.9 Å². The first kappa shape index (κ1) is 12.1. The van der Waals surface area contributed by atoms with E-state index in [0.717, 1.165) is 43.0 Å². The zero-order chi connectivity index (χ0) is 12.3. The summed E-state index contributed by atoms with van der Waals surface area (Å²) in [5.74, 6) is 1.85. The molecule has 1 aromatic heterocycles. The number of rotatable bonds is 3. The van der Waals surface area contributed by atoms with Crippen molar-refractivity contribution in [2.75, 3.05) is 30.4 Å². The fourth-order valence-corrected chi connectivity index (χ4v) is 2.36. The first-order valence-electron chi connectivity index (χ1n) is 6.21. The molecule has 5 heteroatoms. The van der Waals surface area contributed by atoms with E-state index in [1.54, 1.807) is 6.33 Å². The SMILES string of the molecule is CCc1c(NC)ncnc1N1CCCC(O)C1. The van der Waals surface area contributed by atoms with Gasteiger partial charge in [-0.25, -0.2) is 9.97 Å². The maximum atomic E-state index is 9.73. The normalized spacial score (nSPS) is 20.4. The van der Waals surface area contributed by atoms with Crippen molar-refractivity contribution in [1.82, 2.24) is 9.97 Å². The minimum absolute atomic E-state index is 0.235. The third kappa shape index (κ3) is 2.49. The van der Waals surface area contributed by atoms with Crippen molar-refractivity contribution in [1.29, 1.82) is 0 Å². The Bertz CT molecular complexity index is 383. The molecule has 0 bridgehead atoms. The summed E-state index contributed by atoms with van der Waals surface area (Å²) < 4.78 is 0. The molecule has 17 heavy (non-hydrogen) atoms. The van der Waals surface area contributed by atoms with Crippen molar-refractivity contribution >= 4 is 11.6 Å². The smallest absolute Gasteiger partial charge is 0.137 e. The number of nitrogens with one attached hydrogen (secondary N) is 1. The highest BCUT2D eigenvalue weighted by Crippen LogP contribution is 2.26. The van der Waals surface area contributed by atoms with Gasteiger partial charge in [-0.1, -0.05) is 6.92 Å². The zero-order valence-corrected chi connectivity index (χ0v) is 10.5. The molecule has 0 saturated carbocycles. The second-order valence-electron chi connectivity index (χ2n) is 4.37. The van der Waals surface area contributed by atoms with Gasteiger partial charge < -0.3 is 15.3 Å². The predicted molar refractivity (Wildman–Crippen MR) is 68.4 cm³/mol. The number of nitrogens with zero attached hydrogens (tertiary/aromatic N) is 3. The van der Waals surface area contributed by atoms with Crippen LogP contribution < -0.4 is 10.2 Å². The molecular weight excluding hydrogens is 216 g/mol. The lowest BCUT2D eigenvalue weighted by Crippen LogP contribution is -2.39. The van der Waals surface area contributed by atoms with Crippen LogP contribution in [0.5, 0.6) is 0 Å². The third-order valence-electron chi connectivity index (χ3n) is 3.21. The van der Waals surface area contributed by atoms with Crippen molar-refractivity contribution in [2.45, 2.75) is 32.3 Å². The van der Waals surface area contributed by atoms with E-state index in [2.05, 4.69) is 27.1 Å². The van der Waals surface area contributed by atoms with Gasteiger partial charge in [0.1, 0.15) is 18.0 Å². The average molecular weight is 236 g/mol. The van der Waals surface area contributed by atoms with Crippen molar-refractivity contribution < 1.29 is 5.11 Å². The molecule has 1 aliphatic rings. The topological polar surface area (TPSA) is 61.3 Å². The van der Waals surface area contributed by atoms with Gasteiger partial charge in [-0.15, -0.1) is 0 Å². The summed E-state index contributed by atoms with van der Waals surface area (Å²) in [6.07, 6.45) is 4.15. The summed E-state index contributed by atoms with van der Waals surface area (Å²) >= 11 is 0. The molecule has 1 saturated heterocycles. The minimum Gasteiger partial charge on any atom is -0.391 e. The largest absolute Gasteiger partial charge is 0.391 e. The molecule has 0 radical (unpaired) electrons. The zero-order valence-electron chi connectivity index (χ0n) is 10.5. The van der Waals surface area contributed by atoms with Crippen molar-refractivity contribution in [3.8, 4) is 0 Å². The van der Waals surface area contributed by atoms with E-state index >= 15 is 0 Å². The van der Waals surface area contributed by atoms with Gasteiger partial charge in [0, 0.05) is 25.7 Å². The lowest BCUT2D eigenvalue weighted by molar-refractivity contribution is 0.154. The predicted octanol–water partition coefficient (Wildman–Crippen LogP) is 1.04. The van der Waals surface area contributed by atoms with Crippen LogP contribution in [0, 0.1) is 0 Å². The highest BCUT2D eigenvalue weighted by molar-refractivity contribution is 5.58. The van der Waals surface area contributed by atoms with Crippen LogP contribution in [0.2, 0.25) is 0 Å². The molecule has 0 aliphatic carbocycles. The van der Waals surface area contributed by atoms with Crippen LogP contribution in [-0.2, 0) is 6.42 Å². The molecular formula is C12H20N4O. The molecule has 2 rings (SSSR count). The highest BCUT2D eigenvalue weighted by atomic mass is 16.3. The number of piperidine rings is 1. The number of hydrogen-bond acceptors (Lipinski definition) is 5. The number of aromatic nitrogens is 2. The molecule has 5 nitrogen and oxygen atoms in total. The van der Waals surface area contributed by atoms with E-state index in [1.807, 2.05) is 7.05 Å². The second-order valence-corrected chi connectivity index (χ2v) is 4.37. The Morgan fingerprint density at radius 1 is 1.53 bits per heavy atom. The van der Waals surface area contributed by atoms with Gasteiger partial charge in [-0.2, -0.15) is 0 Å². The molecule has 1 fully saturated rings. The van der Waals surface area contributed by atoms with Crippen LogP contribution in [0.25, 0.3) is 0 Å². The number of aliphatic hydroxyl groups is 1. The van der Waals surface area contributed by atoms with E-state index in [4.69, 9.17) is 0 Å². The first-order chi connectivity index (χ1) is 8.26. The van der Waals surface area contributed by atoms with E-state index < -0.39 is 0 Å². The van der Waals surface area contributed by atoms with Gasteiger partial charge in [0.15, 0.2) is 0 Å². The Hall–Kier alpha value is -1.36. The number of aliphatic hydroxyl groups excluding tert-OH is 1. The van der Waals surface area contributed by atoms with Crippen LogP contribution in [0.15, 0.2) is 6.33 Å². The molecule has 0 spiro atoms. The Labute approximate surface area is 102 Å². The number of β-amino-alcohol motifs (C(OH)–C–C–N with tert-alkyl or cyclic N) is 1. The maximum absolute atomic E-state index is 9.73. The number of hydrogen-bond donors (Lipinski definition) is 2. The monoisotopic (exact) mass is 236 g/mol. The van der Waals surface area contributed by atoms with Crippen molar-refractivity contribution in [3.63, 3.8) is 0 Å². The van der Waals surface area contributed by atoms with Crippen LogP contribution >= 0.6 is 0 Å². The van der Waals surface area contributed by atoms with Crippen LogP contribution in [0.1, 0.15) is 25.3 Å². The van der Waals surface area contributed by atoms with Gasteiger partial charge in [-0.05, 0) is 19.3 Å². The Morgan fingerprint density at radius 2 is 2.35 bits per heavy atom. The summed E-state index contributed by atoms with van der Waals surface area (Å²) in [7, 11) is 1.87. The molecule has 1 atom stereocenters. The summed E-state index contributed by atoms with van der Waals surface area (Å²) in [5, 5.41) is 12.8. The number of anilines is 2. The van der Waals surface area contributed by atoms with Crippen molar-refractivity contribution in [2.24, 2.45) is 0 Å². The Balaban J connectivity index is 2.30. The van der Waals surface area contributed by atoms with Gasteiger partial charge in [-0.3, -0.25) is 0 Å². The maximum Gasteiger partial charge on any atom is 0.137 e. The third-order valence-corrected chi connectivity index (χ3v) is 3.21. The first-order valence-corrected chi connectivity index (χ1v) is 6.21. The van der Waals surface area contributed by atoms with Gasteiger partial charge in [0.25, 0.3) is 0 Å². The summed E-state index contributed by atoms with van der Waals surface area (Å²) in [4.78, 5) is 10.8. The summed E-state index contributed by atoms with van der Waals surface area (Å²) in [5.41, 5.74) is 1.13. The van der Waals surface area contributed by atoms with E-state index in [0.29, 0.717) is 6.54 Å². The quantitative estimate of drug-likeness (QED) is 0.821. The van der Waals surface area contributed by atoms with E-state index in [1.165, 1.54) is 0 Å². The summed E-state index contributed by atoms with van der Waals surface area (Å²) in [6.45, 7) is 3.74. The molecule has 1 aromatic rings. The van der Waals surface area contributed by atoms with Crippen LogP contribution in [0.3, 0.4) is 0 Å². The van der Waals surface area contributed by atoms with Crippen LogP contribution in [-0.4, -0.2) is 41.3 Å². The fourth-order valence-electron chi connectivity index (χ4n) is 2.36. The van der Waals surface area contributed by atoms with Gasteiger partial charge in [0.2, 0.25) is 0 Å². The Kier molecular flexibility index (Phi) is 3.78. The molecule has 0 aromatic carbocycles. The minimum atomic E-state index is -0.235. The molecule has 94 valence electrons. The van der Waals surface area contributed by atoms with Crippen LogP contribution in [0.4, 0.5) is 11.6 Å². The molecule has 1 unspecified atom stereocenters. The van der Waals surface area contributed by atoms with Gasteiger partial charge >= 0.3 is 0 Å². The lowest BCUT2D eigenvalue weighted by Gasteiger charge is -2.32. The molecule has 2 heterocycles. The Morgan fingerprint density at radius 3 is 3.00 bits per heavy atom. The standard InChI is InChI=1S/C12H20N4O/c1-3-10-11(13-2)14-8-15-12(10)16-6-4-5-9(17)7-16/h8-9,17H,3-7H2,1-2H3,(H,13,14,15). The van der Waals surface area contributed by atoms with E-state index in [9.17, 15) is 5.11 Å². The average Bonchev–Trinajstić information content (AvgIpc) is 2.37.